The summed E-state index contributed by atoms with van der Waals surface area (Å²) >= 11 is 1.59. The number of amides is 1. The molecular weight excluding hydrogens is 372 g/mol. The van der Waals surface area contributed by atoms with Crippen LogP contribution in [-0.4, -0.2) is 54.3 Å². The van der Waals surface area contributed by atoms with Crippen molar-refractivity contribution in [2.24, 2.45) is 11.3 Å². The van der Waals surface area contributed by atoms with E-state index in [1.54, 1.807) is 18.4 Å². The Kier molecular flexibility index (Phi) is 5.27. The Balaban J connectivity index is 1.55. The van der Waals surface area contributed by atoms with Gasteiger partial charge in [0.2, 0.25) is 11.0 Å². The number of aromatic nitrogens is 2. The highest BCUT2D eigenvalue weighted by Crippen LogP contribution is 2.41. The average molecular weight is 401 g/mol. The van der Waals surface area contributed by atoms with Gasteiger partial charge in [-0.2, -0.15) is 0 Å². The molecule has 0 atom stereocenters. The zero-order valence-corrected chi connectivity index (χ0v) is 17.7. The topological polar surface area (TPSA) is 58.6 Å². The molecule has 2 fully saturated rings. The lowest BCUT2D eigenvalue weighted by molar-refractivity contribution is -0.145. The fourth-order valence-corrected chi connectivity index (χ4v) is 4.96. The average Bonchev–Trinajstić information content (AvgIpc) is 3.10. The lowest BCUT2D eigenvalue weighted by Gasteiger charge is -2.51. The second-order valence-corrected chi connectivity index (χ2v) is 9.40. The van der Waals surface area contributed by atoms with Crippen LogP contribution in [0.15, 0.2) is 24.3 Å². The molecule has 1 aromatic heterocycles. The van der Waals surface area contributed by atoms with Gasteiger partial charge >= 0.3 is 0 Å². The van der Waals surface area contributed by atoms with Gasteiger partial charge in [0.05, 0.1) is 12.5 Å². The van der Waals surface area contributed by atoms with E-state index in [9.17, 15) is 4.79 Å². The summed E-state index contributed by atoms with van der Waals surface area (Å²) in [7, 11) is 1.68. The van der Waals surface area contributed by atoms with Crippen LogP contribution in [0.5, 0.6) is 5.75 Å². The van der Waals surface area contributed by atoms with Crippen molar-refractivity contribution in [3.63, 3.8) is 0 Å². The van der Waals surface area contributed by atoms with Crippen LogP contribution >= 0.6 is 11.3 Å². The van der Waals surface area contributed by atoms with Crippen molar-refractivity contribution >= 4 is 22.4 Å². The Morgan fingerprint density at radius 3 is 2.68 bits per heavy atom. The normalized spacial score (nSPS) is 19.4. The van der Waals surface area contributed by atoms with E-state index in [1.807, 2.05) is 25.1 Å². The third-order valence-corrected chi connectivity index (χ3v) is 6.87. The number of ether oxygens (including phenoxy) is 1. The van der Waals surface area contributed by atoms with Crippen molar-refractivity contribution in [2.45, 2.75) is 33.1 Å². The number of aryl methyl sites for hydroxylation is 1. The number of carbonyl (C=O) groups is 1. The van der Waals surface area contributed by atoms with Gasteiger partial charge in [-0.3, -0.25) is 4.79 Å². The molecule has 0 radical (unpaired) electrons. The minimum absolute atomic E-state index is 0.291. The van der Waals surface area contributed by atoms with Gasteiger partial charge in [0.15, 0.2) is 0 Å². The summed E-state index contributed by atoms with van der Waals surface area (Å²) in [5, 5.41) is 10.3. The van der Waals surface area contributed by atoms with Crippen molar-refractivity contribution in [1.82, 2.24) is 15.1 Å². The molecule has 2 aliphatic heterocycles. The van der Waals surface area contributed by atoms with E-state index in [4.69, 9.17) is 4.74 Å². The number of piperidine rings is 1. The molecule has 0 spiro atoms. The molecule has 1 aromatic carbocycles. The zero-order valence-electron chi connectivity index (χ0n) is 16.9. The van der Waals surface area contributed by atoms with Crippen LogP contribution in [-0.2, 0) is 11.2 Å². The number of nitrogens with zero attached hydrogens (tertiary/aromatic N) is 4. The molecule has 1 amide bonds. The molecule has 3 heterocycles. The Morgan fingerprint density at radius 1 is 1.29 bits per heavy atom. The van der Waals surface area contributed by atoms with Crippen molar-refractivity contribution in [3.8, 4) is 5.75 Å². The molecule has 2 aromatic rings. The molecule has 4 rings (SSSR count). The van der Waals surface area contributed by atoms with Crippen molar-refractivity contribution < 1.29 is 9.53 Å². The Morgan fingerprint density at radius 2 is 2.04 bits per heavy atom. The van der Waals surface area contributed by atoms with Gasteiger partial charge in [-0.05, 0) is 49.8 Å². The molecule has 0 bridgehead atoms. The van der Waals surface area contributed by atoms with E-state index in [-0.39, 0.29) is 0 Å². The largest absolute Gasteiger partial charge is 0.497 e. The number of hydrogen-bond donors (Lipinski definition) is 0. The van der Waals surface area contributed by atoms with E-state index in [2.05, 4.69) is 33.0 Å². The monoisotopic (exact) mass is 400 g/mol. The van der Waals surface area contributed by atoms with Gasteiger partial charge in [0.25, 0.3) is 0 Å². The summed E-state index contributed by atoms with van der Waals surface area (Å²) in [6, 6.07) is 8.08. The number of carbonyl (C=O) groups excluding carboxylic acids is 1. The minimum Gasteiger partial charge on any atom is -0.497 e. The van der Waals surface area contributed by atoms with E-state index < -0.39 is 5.41 Å². The van der Waals surface area contributed by atoms with Crippen LogP contribution < -0.4 is 9.64 Å². The van der Waals surface area contributed by atoms with E-state index in [1.165, 1.54) is 0 Å². The number of rotatable bonds is 5. The van der Waals surface area contributed by atoms with Crippen LogP contribution in [0.4, 0.5) is 5.13 Å². The lowest BCUT2D eigenvalue weighted by Crippen LogP contribution is -2.65. The van der Waals surface area contributed by atoms with Crippen molar-refractivity contribution in [2.75, 3.05) is 38.2 Å². The second-order valence-electron chi connectivity index (χ2n) is 8.24. The number of likely N-dealkylation sites (tertiary alicyclic amines) is 1. The molecule has 150 valence electrons. The first-order valence-corrected chi connectivity index (χ1v) is 10.8. The summed E-state index contributed by atoms with van der Waals surface area (Å²) in [5.41, 5.74) is 0.748. The van der Waals surface area contributed by atoms with Crippen molar-refractivity contribution in [1.29, 1.82) is 0 Å². The first-order valence-electron chi connectivity index (χ1n) is 9.96. The van der Waals surface area contributed by atoms with Gasteiger partial charge < -0.3 is 14.5 Å². The zero-order chi connectivity index (χ0) is 19.7. The Bertz CT molecular complexity index is 838. The van der Waals surface area contributed by atoms with Gasteiger partial charge in [-0.25, -0.2) is 0 Å². The van der Waals surface area contributed by atoms with Crippen LogP contribution in [0.1, 0.15) is 30.3 Å². The molecule has 28 heavy (non-hydrogen) atoms. The molecule has 0 saturated carbocycles. The highest BCUT2D eigenvalue weighted by atomic mass is 32.1. The number of benzene rings is 1. The molecule has 2 saturated heterocycles. The fourth-order valence-electron chi connectivity index (χ4n) is 4.28. The first kappa shape index (κ1) is 19.2. The molecule has 6 nitrogen and oxygen atoms in total. The van der Waals surface area contributed by atoms with E-state index in [0.29, 0.717) is 24.9 Å². The molecule has 0 aliphatic carbocycles. The maximum absolute atomic E-state index is 13.6. The summed E-state index contributed by atoms with van der Waals surface area (Å²) in [4.78, 5) is 17.9. The van der Waals surface area contributed by atoms with Crippen LogP contribution in [0.25, 0.3) is 0 Å². The van der Waals surface area contributed by atoms with E-state index >= 15 is 0 Å². The molecule has 2 aliphatic rings. The van der Waals surface area contributed by atoms with Crippen LogP contribution in [0.3, 0.4) is 0 Å². The molecule has 7 heteroatoms. The molecule has 0 unspecified atom stereocenters. The number of methoxy groups -OCH3 is 1. The van der Waals surface area contributed by atoms with Crippen molar-refractivity contribution in [3.05, 3.63) is 34.8 Å². The quantitative estimate of drug-likeness (QED) is 0.772. The van der Waals surface area contributed by atoms with Crippen LogP contribution in [0, 0.1) is 18.3 Å². The summed E-state index contributed by atoms with van der Waals surface area (Å²) in [5.74, 6) is 1.84. The summed E-state index contributed by atoms with van der Waals surface area (Å²) < 4.78 is 5.38. The van der Waals surface area contributed by atoms with Gasteiger partial charge in [0.1, 0.15) is 10.8 Å². The van der Waals surface area contributed by atoms with E-state index in [0.717, 1.165) is 53.8 Å². The Labute approximate surface area is 170 Å². The maximum atomic E-state index is 13.6. The van der Waals surface area contributed by atoms with Gasteiger partial charge in [-0.1, -0.05) is 30.4 Å². The maximum Gasteiger partial charge on any atom is 0.232 e. The predicted molar refractivity (Wildman–Crippen MR) is 111 cm³/mol. The highest BCUT2D eigenvalue weighted by molar-refractivity contribution is 7.15. The third kappa shape index (κ3) is 3.72. The Hall–Kier alpha value is -2.15. The number of hydrogen-bond acceptors (Lipinski definition) is 6. The predicted octanol–water partition coefficient (Wildman–Crippen LogP) is 3.16. The molecular formula is C21H28N4O2S. The van der Waals surface area contributed by atoms with Gasteiger partial charge in [0, 0.05) is 26.2 Å². The second kappa shape index (κ2) is 7.70. The SMILES string of the molecule is COc1cccc(CC2(C(=O)N3CCC(C)CC3)CN(c3nnc(C)s3)C2)c1. The molecule has 0 N–H and O–H groups in total. The first-order chi connectivity index (χ1) is 13.5. The third-order valence-electron chi connectivity index (χ3n) is 5.97. The fraction of sp³-hybridized carbons (Fsp3) is 0.571. The summed E-state index contributed by atoms with van der Waals surface area (Å²) in [6.45, 7) is 7.38. The highest BCUT2D eigenvalue weighted by Gasteiger charge is 2.52. The van der Waals surface area contributed by atoms with Crippen LogP contribution in [0.2, 0.25) is 0 Å². The minimum atomic E-state index is -0.396. The smallest absolute Gasteiger partial charge is 0.232 e. The summed E-state index contributed by atoms with van der Waals surface area (Å²) in [6.07, 6.45) is 2.92. The van der Waals surface area contributed by atoms with Gasteiger partial charge in [-0.15, -0.1) is 10.2 Å². The lowest BCUT2D eigenvalue weighted by atomic mass is 9.73. The number of anilines is 1. The standard InChI is InChI=1S/C21H28N4O2S/c1-15-7-9-24(10-8-15)19(26)21(12-17-5-4-6-18(11-17)27-3)13-25(14-21)20-23-22-16(2)28-20/h4-6,11,15H,7-10,12-14H2,1-3H3.